The molecule has 0 spiro atoms. The van der Waals surface area contributed by atoms with Crippen molar-refractivity contribution in [2.24, 2.45) is 0 Å². The smallest absolute Gasteiger partial charge is 0.295 e. The molecule has 1 heterocycles. The zero-order valence-corrected chi connectivity index (χ0v) is 18.3. The number of aliphatic hydroxyl groups is 1. The number of ether oxygens (including phenoxy) is 1. The summed E-state index contributed by atoms with van der Waals surface area (Å²) in [6, 6.07) is 11.4. The zero-order chi connectivity index (χ0) is 23.3. The molecule has 1 atom stereocenters. The number of ketones is 1. The molecule has 0 radical (unpaired) electrons. The number of halogens is 1. The van der Waals surface area contributed by atoms with Crippen LogP contribution in [0.5, 0.6) is 5.75 Å². The van der Waals surface area contributed by atoms with Gasteiger partial charge in [-0.25, -0.2) is 4.39 Å². The minimum Gasteiger partial charge on any atom is -0.507 e. The van der Waals surface area contributed by atoms with Crippen LogP contribution in [-0.2, 0) is 9.59 Å². The van der Waals surface area contributed by atoms with Gasteiger partial charge in [-0.15, -0.1) is 0 Å². The lowest BCUT2D eigenvalue weighted by atomic mass is 9.95. The molecule has 32 heavy (non-hydrogen) atoms. The minimum absolute atomic E-state index is 0.0210. The third-order valence-corrected chi connectivity index (χ3v) is 5.20. The summed E-state index contributed by atoms with van der Waals surface area (Å²) in [5, 5.41) is 11.0. The van der Waals surface area contributed by atoms with Crippen molar-refractivity contribution in [2.75, 3.05) is 33.8 Å². The molecule has 1 aliphatic rings. The molecule has 0 unspecified atom stereocenters. The number of benzene rings is 2. The molecule has 6 nitrogen and oxygen atoms in total. The number of Topliss-reactive ketones (excluding diaryl/α,β-unsaturated/α-hetero) is 1. The van der Waals surface area contributed by atoms with E-state index >= 15 is 0 Å². The van der Waals surface area contributed by atoms with Crippen molar-refractivity contribution < 1.29 is 23.8 Å². The van der Waals surface area contributed by atoms with Gasteiger partial charge in [-0.3, -0.25) is 9.59 Å². The van der Waals surface area contributed by atoms with Crippen LogP contribution in [0.25, 0.3) is 5.76 Å². The van der Waals surface area contributed by atoms with E-state index in [4.69, 9.17) is 4.74 Å². The van der Waals surface area contributed by atoms with Crippen LogP contribution in [-0.4, -0.2) is 60.4 Å². The quantitative estimate of drug-likeness (QED) is 0.279. The van der Waals surface area contributed by atoms with Crippen molar-refractivity contribution in [1.82, 2.24) is 9.80 Å². The summed E-state index contributed by atoms with van der Waals surface area (Å²) in [6.45, 7) is 5.02. The molecular weight excluding hydrogens is 411 g/mol. The van der Waals surface area contributed by atoms with E-state index in [-0.39, 0.29) is 16.9 Å². The summed E-state index contributed by atoms with van der Waals surface area (Å²) in [6.07, 6.45) is 2.27. The Hall–Kier alpha value is -3.45. The van der Waals surface area contributed by atoms with Crippen molar-refractivity contribution in [1.29, 1.82) is 0 Å². The molecule has 2 aromatic rings. The Morgan fingerprint density at radius 1 is 1.22 bits per heavy atom. The average molecular weight is 438 g/mol. The van der Waals surface area contributed by atoms with Gasteiger partial charge in [0.1, 0.15) is 23.9 Å². The molecule has 0 saturated carbocycles. The summed E-state index contributed by atoms with van der Waals surface area (Å²) in [5.41, 5.74) is 0.883. The number of aliphatic hydroxyl groups excluding tert-OH is 1. The van der Waals surface area contributed by atoms with Crippen molar-refractivity contribution >= 4 is 17.4 Å². The van der Waals surface area contributed by atoms with E-state index in [2.05, 4.69) is 6.58 Å². The van der Waals surface area contributed by atoms with Crippen LogP contribution < -0.4 is 4.74 Å². The fourth-order valence-electron chi connectivity index (χ4n) is 3.71. The Morgan fingerprint density at radius 2 is 1.94 bits per heavy atom. The lowest BCUT2D eigenvalue weighted by Crippen LogP contribution is -2.32. The first-order chi connectivity index (χ1) is 15.3. The SMILES string of the molecule is C=CCOc1cccc([C@H]2C(=C(O)c3ccc(F)cc3)C(=O)C(=O)N2CCCN(C)C)c1. The van der Waals surface area contributed by atoms with Crippen LogP contribution in [0.1, 0.15) is 23.6 Å². The van der Waals surface area contributed by atoms with Crippen LogP contribution in [0, 0.1) is 5.82 Å². The first-order valence-corrected chi connectivity index (χ1v) is 10.4. The third kappa shape index (κ3) is 5.06. The minimum atomic E-state index is -0.783. The summed E-state index contributed by atoms with van der Waals surface area (Å²) in [4.78, 5) is 29.4. The second-order valence-corrected chi connectivity index (χ2v) is 7.83. The highest BCUT2D eigenvalue weighted by Crippen LogP contribution is 2.40. The first-order valence-electron chi connectivity index (χ1n) is 10.4. The molecule has 1 amide bonds. The molecule has 3 rings (SSSR count). The van der Waals surface area contributed by atoms with Gasteiger partial charge in [0.05, 0.1) is 11.6 Å². The highest BCUT2D eigenvalue weighted by molar-refractivity contribution is 6.46. The maximum absolute atomic E-state index is 13.4. The normalized spacial score (nSPS) is 17.8. The summed E-state index contributed by atoms with van der Waals surface area (Å²) < 4.78 is 19.0. The van der Waals surface area contributed by atoms with Gasteiger partial charge in [0.25, 0.3) is 11.7 Å². The summed E-state index contributed by atoms with van der Waals surface area (Å²) in [7, 11) is 3.86. The monoisotopic (exact) mass is 438 g/mol. The molecule has 7 heteroatoms. The van der Waals surface area contributed by atoms with E-state index in [1.54, 1.807) is 30.3 Å². The van der Waals surface area contributed by atoms with Crippen molar-refractivity contribution in [3.8, 4) is 5.75 Å². The van der Waals surface area contributed by atoms with Crippen LogP contribution in [0.3, 0.4) is 0 Å². The number of amides is 1. The number of carbonyl (C=O) groups is 2. The molecule has 1 N–H and O–H groups in total. The predicted molar refractivity (Wildman–Crippen MR) is 121 cm³/mol. The van der Waals surface area contributed by atoms with Gasteiger partial charge < -0.3 is 19.6 Å². The topological polar surface area (TPSA) is 70.1 Å². The van der Waals surface area contributed by atoms with E-state index in [0.29, 0.717) is 30.9 Å². The largest absolute Gasteiger partial charge is 0.507 e. The predicted octanol–water partition coefficient (Wildman–Crippen LogP) is 3.76. The Bertz CT molecular complexity index is 1030. The van der Waals surface area contributed by atoms with Crippen LogP contribution in [0.15, 0.2) is 66.8 Å². The average Bonchev–Trinajstić information content (AvgIpc) is 3.02. The van der Waals surface area contributed by atoms with Gasteiger partial charge >= 0.3 is 0 Å². The van der Waals surface area contributed by atoms with Gasteiger partial charge in [0, 0.05) is 12.1 Å². The van der Waals surface area contributed by atoms with Crippen LogP contribution in [0.2, 0.25) is 0 Å². The van der Waals surface area contributed by atoms with Gasteiger partial charge in [-0.1, -0.05) is 24.8 Å². The zero-order valence-electron chi connectivity index (χ0n) is 18.3. The molecule has 0 aliphatic carbocycles. The molecule has 1 saturated heterocycles. The second-order valence-electron chi connectivity index (χ2n) is 7.83. The highest BCUT2D eigenvalue weighted by atomic mass is 19.1. The van der Waals surface area contributed by atoms with E-state index in [1.165, 1.54) is 29.2 Å². The van der Waals surface area contributed by atoms with E-state index < -0.39 is 23.5 Å². The molecule has 0 aromatic heterocycles. The van der Waals surface area contributed by atoms with Crippen LogP contribution in [0.4, 0.5) is 4.39 Å². The van der Waals surface area contributed by atoms with Crippen molar-refractivity contribution in [3.63, 3.8) is 0 Å². The molecule has 1 fully saturated rings. The third-order valence-electron chi connectivity index (χ3n) is 5.20. The van der Waals surface area contributed by atoms with Gasteiger partial charge in [-0.05, 0) is 69.0 Å². The summed E-state index contributed by atoms with van der Waals surface area (Å²) in [5.74, 6) is -1.67. The highest BCUT2D eigenvalue weighted by Gasteiger charge is 2.45. The lowest BCUT2D eigenvalue weighted by Gasteiger charge is -2.26. The summed E-state index contributed by atoms with van der Waals surface area (Å²) >= 11 is 0. The van der Waals surface area contributed by atoms with Crippen LogP contribution >= 0.6 is 0 Å². The van der Waals surface area contributed by atoms with Crippen molar-refractivity contribution in [3.05, 3.63) is 83.7 Å². The number of hydrogen-bond acceptors (Lipinski definition) is 5. The molecule has 168 valence electrons. The Morgan fingerprint density at radius 3 is 2.59 bits per heavy atom. The molecule has 2 aromatic carbocycles. The van der Waals surface area contributed by atoms with E-state index in [9.17, 15) is 19.1 Å². The Labute approximate surface area is 187 Å². The van der Waals surface area contributed by atoms with Gasteiger partial charge in [0.15, 0.2) is 0 Å². The van der Waals surface area contributed by atoms with Crippen molar-refractivity contribution in [2.45, 2.75) is 12.5 Å². The number of hydrogen-bond donors (Lipinski definition) is 1. The fraction of sp³-hybridized carbons (Fsp3) is 0.280. The Kier molecular flexibility index (Phi) is 7.43. The van der Waals surface area contributed by atoms with Gasteiger partial charge in [0.2, 0.25) is 0 Å². The number of likely N-dealkylation sites (tertiary alicyclic amines) is 1. The van der Waals surface area contributed by atoms with E-state index in [1.807, 2.05) is 19.0 Å². The lowest BCUT2D eigenvalue weighted by molar-refractivity contribution is -0.139. The number of rotatable bonds is 9. The molecule has 0 bridgehead atoms. The molecule has 1 aliphatic heterocycles. The first kappa shape index (κ1) is 23.2. The second kappa shape index (κ2) is 10.2. The van der Waals surface area contributed by atoms with E-state index in [0.717, 1.165) is 6.54 Å². The van der Waals surface area contributed by atoms with Gasteiger partial charge in [-0.2, -0.15) is 0 Å². The Balaban J connectivity index is 2.08. The number of nitrogens with zero attached hydrogens (tertiary/aromatic N) is 2. The fourth-order valence-corrected chi connectivity index (χ4v) is 3.71. The maximum atomic E-state index is 13.4. The molecular formula is C25H27FN2O4. The standard InChI is InChI=1S/C25H27FN2O4/c1-4-15-32-20-8-5-7-18(16-20)22-21(23(29)17-9-11-19(26)12-10-17)24(30)25(31)28(22)14-6-13-27(2)3/h4-5,7-12,16,22,29H,1,6,13-15H2,2-3H3/t22-/m0/s1. The number of carbonyl (C=O) groups excluding carboxylic acids is 2. The maximum Gasteiger partial charge on any atom is 0.295 e.